The molecule has 1 saturated carbocycles. The second-order valence-corrected chi connectivity index (χ2v) is 11.6. The molecule has 1 aromatic carbocycles. The van der Waals surface area contributed by atoms with Crippen LogP contribution in [0.3, 0.4) is 0 Å². The van der Waals surface area contributed by atoms with Crippen LogP contribution in [0, 0.1) is 11.2 Å². The van der Waals surface area contributed by atoms with Crippen LogP contribution in [0.2, 0.25) is 0 Å². The van der Waals surface area contributed by atoms with Crippen molar-refractivity contribution in [3.8, 4) is 11.4 Å². The number of ether oxygens (including phenoxy) is 2. The smallest absolute Gasteiger partial charge is 0.311 e. The first-order chi connectivity index (χ1) is 21.5. The zero-order chi connectivity index (χ0) is 32.3. The van der Waals surface area contributed by atoms with Crippen LogP contribution in [0.4, 0.5) is 4.39 Å². The van der Waals surface area contributed by atoms with E-state index in [2.05, 4.69) is 33.1 Å². The topological polar surface area (TPSA) is 181 Å². The van der Waals surface area contributed by atoms with E-state index in [4.69, 9.17) is 26.0 Å². The van der Waals surface area contributed by atoms with Crippen LogP contribution >= 0.6 is 0 Å². The predicted molar refractivity (Wildman–Crippen MR) is 161 cm³/mol. The Kier molecular flexibility index (Phi) is 8.99. The fourth-order valence-corrected chi connectivity index (χ4v) is 5.11. The molecule has 3 heterocycles. The number of nitrogens with two attached hydrogens (primary N) is 2. The summed E-state index contributed by atoms with van der Waals surface area (Å²) >= 11 is 0. The summed E-state index contributed by atoms with van der Waals surface area (Å²) in [6.45, 7) is 5.75. The summed E-state index contributed by atoms with van der Waals surface area (Å²) in [6, 6.07) is 5.14. The van der Waals surface area contributed by atoms with Crippen molar-refractivity contribution in [2.24, 2.45) is 17.0 Å². The number of rotatable bonds is 13. The Hall–Kier alpha value is -5.05. The third-order valence-electron chi connectivity index (χ3n) is 7.54. The molecule has 45 heavy (non-hydrogen) atoms. The molecule has 5 N–H and O–H groups in total. The number of aromatic nitrogens is 6. The van der Waals surface area contributed by atoms with E-state index in [9.17, 15) is 9.59 Å². The number of fused-ring (bicyclic) bond motifs is 1. The van der Waals surface area contributed by atoms with E-state index >= 15 is 4.39 Å². The van der Waals surface area contributed by atoms with Gasteiger partial charge in [0.1, 0.15) is 17.7 Å². The Morgan fingerprint density at radius 3 is 2.71 bits per heavy atom. The van der Waals surface area contributed by atoms with Crippen LogP contribution in [0.25, 0.3) is 11.3 Å². The number of amides is 1. The highest BCUT2D eigenvalue weighted by Crippen LogP contribution is 2.41. The predicted octanol–water partition coefficient (Wildman–Crippen LogP) is 2.26. The number of hydrogen-bond donors (Lipinski definition) is 3. The molecule has 0 aliphatic heterocycles. The summed E-state index contributed by atoms with van der Waals surface area (Å²) in [4.78, 5) is 30.3. The number of nitrogens with one attached hydrogen (secondary N) is 1. The lowest BCUT2D eigenvalue weighted by Gasteiger charge is -2.23. The number of esters is 1. The average Bonchev–Trinajstić information content (AvgIpc) is 3.54. The Morgan fingerprint density at radius 1 is 1.27 bits per heavy atom. The number of hydrogen-bond acceptors (Lipinski definition) is 11. The Balaban J connectivity index is 1.30. The first-order valence-corrected chi connectivity index (χ1v) is 14.5. The average molecular weight is 621 g/mol. The molecule has 1 aliphatic carbocycles. The van der Waals surface area contributed by atoms with E-state index in [1.165, 1.54) is 41.0 Å². The van der Waals surface area contributed by atoms with Gasteiger partial charge in [-0.3, -0.25) is 9.59 Å². The third kappa shape index (κ3) is 7.03. The molecule has 0 unspecified atom stereocenters. The molecule has 1 amide bonds. The Morgan fingerprint density at radius 2 is 2.04 bits per heavy atom. The molecule has 15 heteroatoms. The highest BCUT2D eigenvalue weighted by Gasteiger charge is 2.32. The minimum absolute atomic E-state index is 0.00274. The van der Waals surface area contributed by atoms with E-state index in [1.54, 1.807) is 13.0 Å². The minimum Gasteiger partial charge on any atom is -0.494 e. The van der Waals surface area contributed by atoms with Crippen molar-refractivity contribution in [3.63, 3.8) is 0 Å². The van der Waals surface area contributed by atoms with Gasteiger partial charge in [-0.15, -0.1) is 5.10 Å². The van der Waals surface area contributed by atoms with Gasteiger partial charge in [-0.25, -0.2) is 19.9 Å². The van der Waals surface area contributed by atoms with E-state index in [-0.39, 0.29) is 36.1 Å². The highest BCUT2D eigenvalue weighted by atomic mass is 19.1. The molecule has 0 atom stereocenters. The van der Waals surface area contributed by atoms with Gasteiger partial charge in [0, 0.05) is 30.7 Å². The van der Waals surface area contributed by atoms with Crippen LogP contribution in [-0.2, 0) is 33.8 Å². The van der Waals surface area contributed by atoms with Gasteiger partial charge in [-0.2, -0.15) is 0 Å². The Bertz CT molecular complexity index is 1730. The molecule has 238 valence electrons. The molecule has 0 saturated heterocycles. The van der Waals surface area contributed by atoms with E-state index in [0.29, 0.717) is 36.0 Å². The number of methoxy groups -OCH3 is 1. The quantitative estimate of drug-likeness (QED) is 0.0863. The summed E-state index contributed by atoms with van der Waals surface area (Å²) < 4.78 is 28.7. The SMILES string of the molecule is CCOC(=O)C(C)(C)Cc1cc(C2CC2)cn2cc(CN(N)/C=C(\N)C(=O)NCc3c(-n4cnnn4)ccc(OC)c3F)nc12. The van der Waals surface area contributed by atoms with Gasteiger partial charge < -0.3 is 29.9 Å². The number of halogens is 1. The van der Waals surface area contributed by atoms with Crippen LogP contribution in [0.15, 0.2) is 48.8 Å². The third-order valence-corrected chi connectivity index (χ3v) is 7.54. The molecule has 1 fully saturated rings. The van der Waals surface area contributed by atoms with Gasteiger partial charge in [-0.1, -0.05) is 6.07 Å². The number of tetrazole rings is 1. The normalized spacial score (nSPS) is 13.6. The number of pyridine rings is 1. The van der Waals surface area contributed by atoms with Crippen molar-refractivity contribution in [2.75, 3.05) is 13.7 Å². The first-order valence-electron chi connectivity index (χ1n) is 14.5. The largest absolute Gasteiger partial charge is 0.494 e. The number of carbonyl (C=O) groups excluding carboxylic acids is 2. The zero-order valence-corrected chi connectivity index (χ0v) is 25.7. The van der Waals surface area contributed by atoms with Crippen LogP contribution in [-0.4, -0.2) is 60.2 Å². The van der Waals surface area contributed by atoms with Crippen LogP contribution in [0.1, 0.15) is 61.9 Å². The fraction of sp³-hybridized carbons (Fsp3) is 0.400. The van der Waals surface area contributed by atoms with Crippen molar-refractivity contribution in [3.05, 3.63) is 77.0 Å². The maximum Gasteiger partial charge on any atom is 0.311 e. The lowest BCUT2D eigenvalue weighted by atomic mass is 9.85. The molecule has 14 nitrogen and oxygen atoms in total. The lowest BCUT2D eigenvalue weighted by molar-refractivity contribution is -0.153. The number of hydrazine groups is 1. The number of nitrogens with zero attached hydrogens (tertiary/aromatic N) is 7. The number of benzene rings is 1. The molecule has 1 aliphatic rings. The fourth-order valence-electron chi connectivity index (χ4n) is 5.11. The van der Waals surface area contributed by atoms with Crippen molar-refractivity contribution >= 4 is 17.5 Å². The molecule has 0 spiro atoms. The van der Waals surface area contributed by atoms with Crippen LogP contribution < -0.4 is 21.6 Å². The summed E-state index contributed by atoms with van der Waals surface area (Å²) in [5, 5.41) is 14.8. The standard InChI is InChI=1S/C30H37FN10O4/c1-5-45-29(43)30(2,3)11-19-10-20(18-6-7-18)13-39-14-21(36-27(19)39)15-40(33)16-23(32)28(42)34-12-22-24(41-17-35-37-38-41)8-9-25(44-4)26(22)31/h8-10,13-14,16-18H,5-7,11-12,15,32-33H2,1-4H3,(H,34,42)/b23-16-. The highest BCUT2D eigenvalue weighted by molar-refractivity contribution is 5.92. The van der Waals surface area contributed by atoms with Gasteiger partial charge >= 0.3 is 5.97 Å². The van der Waals surface area contributed by atoms with Crippen molar-refractivity contribution in [1.29, 1.82) is 0 Å². The second kappa shape index (κ2) is 12.9. The summed E-state index contributed by atoms with van der Waals surface area (Å²) in [5.41, 5.74) is 9.02. The maximum atomic E-state index is 15.1. The molecule has 0 bridgehead atoms. The molecule has 3 aromatic heterocycles. The van der Waals surface area contributed by atoms with Crippen molar-refractivity contribution < 1.29 is 23.5 Å². The van der Waals surface area contributed by atoms with Gasteiger partial charge in [0.25, 0.3) is 5.91 Å². The Labute approximate surface area is 259 Å². The molecule has 4 aromatic rings. The van der Waals surface area contributed by atoms with E-state index in [1.807, 2.05) is 24.4 Å². The van der Waals surface area contributed by atoms with Gasteiger partial charge in [0.05, 0.1) is 37.1 Å². The monoisotopic (exact) mass is 620 g/mol. The first kappa shape index (κ1) is 31.4. The van der Waals surface area contributed by atoms with Crippen molar-refractivity contribution in [1.82, 2.24) is 39.9 Å². The minimum atomic E-state index is -0.740. The molecular weight excluding hydrogens is 583 g/mol. The van der Waals surface area contributed by atoms with Gasteiger partial charge in [0.15, 0.2) is 11.6 Å². The zero-order valence-electron chi connectivity index (χ0n) is 25.7. The van der Waals surface area contributed by atoms with Gasteiger partial charge in [-0.05, 0) is 79.6 Å². The van der Waals surface area contributed by atoms with Crippen LogP contribution in [0.5, 0.6) is 5.75 Å². The lowest BCUT2D eigenvalue weighted by Crippen LogP contribution is -2.33. The molecule has 5 rings (SSSR count). The van der Waals surface area contributed by atoms with E-state index in [0.717, 1.165) is 18.4 Å². The number of carbonyl (C=O) groups is 2. The summed E-state index contributed by atoms with van der Waals surface area (Å²) in [5.74, 6) is 5.10. The molecular formula is C30H37FN10O4. The maximum absolute atomic E-state index is 15.1. The second-order valence-electron chi connectivity index (χ2n) is 11.6. The number of imidazole rings is 1. The summed E-state index contributed by atoms with van der Waals surface area (Å²) in [7, 11) is 1.34. The molecule has 0 radical (unpaired) electrons. The summed E-state index contributed by atoms with van der Waals surface area (Å²) in [6.07, 6.45) is 9.23. The van der Waals surface area contributed by atoms with Gasteiger partial charge in [0.2, 0.25) is 0 Å². The van der Waals surface area contributed by atoms with E-state index < -0.39 is 17.1 Å². The van der Waals surface area contributed by atoms with Crippen molar-refractivity contribution in [2.45, 2.75) is 59.0 Å².